The molecule has 0 N–H and O–H groups in total. The molecule has 22 heavy (non-hydrogen) atoms. The van der Waals surface area contributed by atoms with Gasteiger partial charge in [-0.2, -0.15) is 0 Å². The highest BCUT2D eigenvalue weighted by Crippen LogP contribution is 2.37. The van der Waals surface area contributed by atoms with Crippen LogP contribution in [0.4, 0.5) is 0 Å². The van der Waals surface area contributed by atoms with Gasteiger partial charge in [-0.3, -0.25) is 0 Å². The van der Waals surface area contributed by atoms with Crippen LogP contribution in [0.25, 0.3) is 0 Å². The molecule has 1 aliphatic rings. The van der Waals surface area contributed by atoms with Crippen LogP contribution in [0.3, 0.4) is 0 Å². The maximum atomic E-state index is 6.13. The fraction of sp³-hybridized carbons (Fsp3) is 0.400. The van der Waals surface area contributed by atoms with Gasteiger partial charge in [0.05, 0.1) is 12.2 Å². The van der Waals surface area contributed by atoms with Gasteiger partial charge in [0.2, 0.25) is 0 Å². The molecule has 3 rings (SSSR count). The van der Waals surface area contributed by atoms with E-state index in [0.29, 0.717) is 0 Å². The average Bonchev–Trinajstić information content (AvgIpc) is 2.53. The molecule has 0 saturated carbocycles. The van der Waals surface area contributed by atoms with E-state index in [9.17, 15) is 0 Å². The fourth-order valence-corrected chi connectivity index (χ4v) is 3.13. The molecule has 0 aromatic heterocycles. The van der Waals surface area contributed by atoms with Crippen molar-refractivity contribution in [2.75, 3.05) is 0 Å². The third-order valence-electron chi connectivity index (χ3n) is 4.12. The molecule has 2 heteroatoms. The van der Waals surface area contributed by atoms with Crippen LogP contribution in [0.1, 0.15) is 43.9 Å². The molecule has 1 saturated heterocycles. The van der Waals surface area contributed by atoms with Crippen molar-refractivity contribution in [3.8, 4) is 0 Å². The second-order valence-electron chi connectivity index (χ2n) is 6.42. The minimum atomic E-state index is -0.528. The lowest BCUT2D eigenvalue weighted by Gasteiger charge is -2.41. The number of aryl methyl sites for hydroxylation is 1. The third kappa shape index (κ3) is 3.96. The van der Waals surface area contributed by atoms with Crippen molar-refractivity contribution in [1.29, 1.82) is 0 Å². The summed E-state index contributed by atoms with van der Waals surface area (Å²) in [5.74, 6) is -0.528. The van der Waals surface area contributed by atoms with Crippen LogP contribution >= 0.6 is 0 Å². The van der Waals surface area contributed by atoms with E-state index in [2.05, 4.69) is 54.6 Å². The minimum absolute atomic E-state index is 0.116. The summed E-state index contributed by atoms with van der Waals surface area (Å²) in [6.07, 6.45) is 3.34. The molecular weight excluding hydrogens is 272 g/mol. The molecule has 2 aromatic rings. The summed E-state index contributed by atoms with van der Waals surface area (Å²) in [4.78, 5) is 0. The molecule has 0 radical (unpaired) electrons. The van der Waals surface area contributed by atoms with E-state index in [1.54, 1.807) is 0 Å². The van der Waals surface area contributed by atoms with Crippen LogP contribution in [0.2, 0.25) is 0 Å². The lowest BCUT2D eigenvalue weighted by molar-refractivity contribution is -0.302. The Balaban J connectivity index is 1.66. The topological polar surface area (TPSA) is 18.5 Å². The summed E-state index contributed by atoms with van der Waals surface area (Å²) in [7, 11) is 0. The van der Waals surface area contributed by atoms with Crippen LogP contribution in [-0.2, 0) is 15.9 Å². The van der Waals surface area contributed by atoms with Gasteiger partial charge in [-0.15, -0.1) is 0 Å². The summed E-state index contributed by atoms with van der Waals surface area (Å²) in [5, 5.41) is 0. The molecule has 2 nitrogen and oxygen atoms in total. The lowest BCUT2D eigenvalue weighted by Crippen LogP contribution is -2.41. The van der Waals surface area contributed by atoms with Gasteiger partial charge in [0.25, 0.3) is 0 Å². The molecule has 1 fully saturated rings. The Hall–Kier alpha value is -1.64. The molecule has 0 unspecified atom stereocenters. The third-order valence-corrected chi connectivity index (χ3v) is 4.12. The van der Waals surface area contributed by atoms with E-state index in [1.807, 2.05) is 19.9 Å². The van der Waals surface area contributed by atoms with Crippen molar-refractivity contribution in [3.63, 3.8) is 0 Å². The van der Waals surface area contributed by atoms with E-state index in [0.717, 1.165) is 19.3 Å². The second-order valence-corrected chi connectivity index (χ2v) is 6.42. The first-order valence-corrected chi connectivity index (χ1v) is 8.07. The summed E-state index contributed by atoms with van der Waals surface area (Å²) < 4.78 is 12.2. The van der Waals surface area contributed by atoms with E-state index >= 15 is 0 Å². The summed E-state index contributed by atoms with van der Waals surface area (Å²) in [5.41, 5.74) is 2.61. The van der Waals surface area contributed by atoms with Crippen LogP contribution < -0.4 is 0 Å². The Labute approximate surface area is 133 Å². The molecular formula is C20H24O2. The van der Waals surface area contributed by atoms with Gasteiger partial charge in [0.15, 0.2) is 5.79 Å². The molecule has 0 amide bonds. The van der Waals surface area contributed by atoms with Gasteiger partial charge in [0.1, 0.15) is 0 Å². The molecule has 1 heterocycles. The first kappa shape index (κ1) is 15.3. The van der Waals surface area contributed by atoms with Crippen molar-refractivity contribution >= 4 is 0 Å². The number of rotatable bonds is 4. The zero-order valence-electron chi connectivity index (χ0n) is 13.4. The van der Waals surface area contributed by atoms with Crippen molar-refractivity contribution in [2.45, 2.75) is 51.1 Å². The predicted octanol–water partition coefficient (Wildman–Crippen LogP) is 4.90. The zero-order chi connectivity index (χ0) is 15.4. The molecule has 1 aliphatic heterocycles. The lowest BCUT2D eigenvalue weighted by atomic mass is 9.97. The van der Waals surface area contributed by atoms with Crippen molar-refractivity contribution in [1.82, 2.24) is 0 Å². The van der Waals surface area contributed by atoms with Gasteiger partial charge >= 0.3 is 0 Å². The van der Waals surface area contributed by atoms with E-state index < -0.39 is 5.79 Å². The average molecular weight is 296 g/mol. The largest absolute Gasteiger partial charge is 0.347 e. The maximum absolute atomic E-state index is 6.13. The van der Waals surface area contributed by atoms with Gasteiger partial charge in [0, 0.05) is 6.42 Å². The van der Waals surface area contributed by atoms with Crippen molar-refractivity contribution < 1.29 is 9.47 Å². The second kappa shape index (κ2) is 6.64. The van der Waals surface area contributed by atoms with Crippen LogP contribution in [0.5, 0.6) is 0 Å². The fourth-order valence-electron chi connectivity index (χ4n) is 3.13. The normalized spacial score (nSPS) is 24.1. The van der Waals surface area contributed by atoms with Crippen molar-refractivity contribution in [2.24, 2.45) is 0 Å². The van der Waals surface area contributed by atoms with E-state index in [4.69, 9.17) is 9.47 Å². The Morgan fingerprint density at radius 1 is 0.909 bits per heavy atom. The van der Waals surface area contributed by atoms with Crippen LogP contribution in [0, 0.1) is 0 Å². The Morgan fingerprint density at radius 3 is 2.23 bits per heavy atom. The molecule has 0 bridgehead atoms. The Morgan fingerprint density at radius 2 is 1.55 bits per heavy atom. The number of ether oxygens (including phenoxy) is 2. The van der Waals surface area contributed by atoms with Crippen molar-refractivity contribution in [3.05, 3.63) is 71.8 Å². The summed E-state index contributed by atoms with van der Waals surface area (Å²) in [6.45, 7) is 4.02. The monoisotopic (exact) mass is 296 g/mol. The maximum Gasteiger partial charge on any atom is 0.163 e. The highest BCUT2D eigenvalue weighted by atomic mass is 16.7. The molecule has 2 aromatic carbocycles. The van der Waals surface area contributed by atoms with E-state index in [1.165, 1.54) is 11.1 Å². The van der Waals surface area contributed by atoms with Gasteiger partial charge in [-0.1, -0.05) is 60.7 Å². The summed E-state index contributed by atoms with van der Waals surface area (Å²) >= 11 is 0. The molecule has 0 aliphatic carbocycles. The number of hydrogen-bond acceptors (Lipinski definition) is 2. The molecule has 0 spiro atoms. The van der Waals surface area contributed by atoms with Crippen LogP contribution in [-0.4, -0.2) is 11.9 Å². The highest BCUT2D eigenvalue weighted by Gasteiger charge is 2.35. The van der Waals surface area contributed by atoms with Gasteiger partial charge in [-0.05, 0) is 37.8 Å². The first-order chi connectivity index (χ1) is 10.6. The SMILES string of the molecule is CC1(C)O[C@@H](CCc2ccccc2)C[C@@H](c2ccccc2)O1. The van der Waals surface area contributed by atoms with Gasteiger partial charge in [-0.25, -0.2) is 0 Å². The quantitative estimate of drug-likeness (QED) is 0.798. The number of benzene rings is 2. The molecule has 116 valence electrons. The minimum Gasteiger partial charge on any atom is -0.347 e. The predicted molar refractivity (Wildman–Crippen MR) is 88.6 cm³/mol. The van der Waals surface area contributed by atoms with Crippen LogP contribution in [0.15, 0.2) is 60.7 Å². The first-order valence-electron chi connectivity index (χ1n) is 8.07. The molecule has 2 atom stereocenters. The van der Waals surface area contributed by atoms with E-state index in [-0.39, 0.29) is 12.2 Å². The highest BCUT2D eigenvalue weighted by molar-refractivity contribution is 5.18. The van der Waals surface area contributed by atoms with Gasteiger partial charge < -0.3 is 9.47 Å². The Bertz CT molecular complexity index is 577. The summed E-state index contributed by atoms with van der Waals surface area (Å²) in [6, 6.07) is 21.1. The standard InChI is InChI=1S/C20H24O2/c1-20(2)21-18(14-13-16-9-5-3-6-10-16)15-19(22-20)17-11-7-4-8-12-17/h3-12,18-19H,13-15H2,1-2H3/t18-,19-/m0/s1. The smallest absolute Gasteiger partial charge is 0.163 e. The number of hydrogen-bond donors (Lipinski definition) is 0. The Kier molecular flexibility index (Phi) is 4.60. The zero-order valence-corrected chi connectivity index (χ0v) is 13.4.